The van der Waals surface area contributed by atoms with Crippen LogP contribution in [0.1, 0.15) is 17.3 Å². The molecule has 1 aliphatic rings. The van der Waals surface area contributed by atoms with Crippen LogP contribution in [0, 0.1) is 0 Å². The van der Waals surface area contributed by atoms with E-state index in [1.54, 1.807) is 21.1 Å². The van der Waals surface area contributed by atoms with Gasteiger partial charge in [0.15, 0.2) is 5.78 Å². The average Bonchev–Trinajstić information content (AvgIpc) is 2.29. The van der Waals surface area contributed by atoms with E-state index in [1.807, 2.05) is 24.3 Å². The maximum Gasteiger partial charge on any atom is 0.203 e. The van der Waals surface area contributed by atoms with Gasteiger partial charge in [0.2, 0.25) is 5.79 Å². The van der Waals surface area contributed by atoms with Crippen LogP contribution >= 0.6 is 0 Å². The van der Waals surface area contributed by atoms with E-state index in [4.69, 9.17) is 9.47 Å². The Morgan fingerprint density at radius 3 is 2.35 bits per heavy atom. The highest BCUT2D eigenvalue weighted by atomic mass is 16.7. The largest absolute Gasteiger partial charge is 0.360 e. The van der Waals surface area contributed by atoms with Crippen molar-refractivity contribution in [2.24, 2.45) is 0 Å². The minimum absolute atomic E-state index is 0.0768. The molecule has 17 heavy (non-hydrogen) atoms. The lowest BCUT2D eigenvalue weighted by Gasteiger charge is -2.49. The molecule has 1 saturated heterocycles. The summed E-state index contributed by atoms with van der Waals surface area (Å²) in [5.74, 6) is -0.447. The fourth-order valence-electron chi connectivity index (χ4n) is 2.09. The Morgan fingerprint density at radius 1 is 1.24 bits per heavy atom. The molecule has 1 aliphatic heterocycles. The van der Waals surface area contributed by atoms with Gasteiger partial charge in [-0.1, -0.05) is 12.1 Å². The van der Waals surface area contributed by atoms with Gasteiger partial charge in [0, 0.05) is 25.5 Å². The molecule has 0 N–H and O–H groups in total. The Balaban J connectivity index is 2.19. The predicted octanol–water partition coefficient (Wildman–Crippen LogP) is 1.70. The van der Waals surface area contributed by atoms with Gasteiger partial charge in [-0.3, -0.25) is 4.79 Å². The van der Waals surface area contributed by atoms with Crippen LogP contribution in [0.4, 0.5) is 5.69 Å². The van der Waals surface area contributed by atoms with Crippen LogP contribution in [0.2, 0.25) is 0 Å². The number of carbonyl (C=O) groups excluding carboxylic acids is 1. The van der Waals surface area contributed by atoms with Gasteiger partial charge < -0.3 is 14.4 Å². The summed E-state index contributed by atoms with van der Waals surface area (Å²) in [5, 5.41) is 0. The molecular formula is C13H17NO3. The van der Waals surface area contributed by atoms with Crippen molar-refractivity contribution in [1.82, 2.24) is 0 Å². The number of ketones is 1. The van der Waals surface area contributed by atoms with Crippen LogP contribution in [0.3, 0.4) is 0 Å². The monoisotopic (exact) mass is 235 g/mol. The normalized spacial score (nSPS) is 17.7. The number of benzene rings is 1. The van der Waals surface area contributed by atoms with E-state index < -0.39 is 5.79 Å². The molecule has 0 saturated carbocycles. The van der Waals surface area contributed by atoms with Crippen molar-refractivity contribution in [3.8, 4) is 0 Å². The zero-order valence-electron chi connectivity index (χ0n) is 10.4. The van der Waals surface area contributed by atoms with Crippen molar-refractivity contribution in [3.05, 3.63) is 29.8 Å². The molecule has 0 amide bonds. The van der Waals surface area contributed by atoms with Crippen molar-refractivity contribution in [2.75, 3.05) is 32.2 Å². The van der Waals surface area contributed by atoms with Crippen LogP contribution < -0.4 is 4.90 Å². The summed E-state index contributed by atoms with van der Waals surface area (Å²) in [4.78, 5) is 13.6. The van der Waals surface area contributed by atoms with Crippen molar-refractivity contribution < 1.29 is 14.3 Å². The highest BCUT2D eigenvalue weighted by molar-refractivity contribution is 5.99. The van der Waals surface area contributed by atoms with Crippen molar-refractivity contribution >= 4 is 11.5 Å². The van der Waals surface area contributed by atoms with Crippen molar-refractivity contribution in [2.45, 2.75) is 12.7 Å². The molecule has 4 nitrogen and oxygen atoms in total. The van der Waals surface area contributed by atoms with Crippen molar-refractivity contribution in [3.63, 3.8) is 0 Å². The van der Waals surface area contributed by atoms with Gasteiger partial charge in [-0.15, -0.1) is 0 Å². The summed E-state index contributed by atoms with van der Waals surface area (Å²) in [6.07, 6.45) is 0. The fourth-order valence-corrected chi connectivity index (χ4v) is 2.09. The number of ether oxygens (including phenoxy) is 2. The number of nitrogens with zero attached hydrogens (tertiary/aromatic N) is 1. The summed E-state index contributed by atoms with van der Waals surface area (Å²) < 4.78 is 10.7. The maximum absolute atomic E-state index is 11.5. The lowest BCUT2D eigenvalue weighted by molar-refractivity contribution is -0.219. The topological polar surface area (TPSA) is 38.8 Å². The first-order chi connectivity index (χ1) is 8.12. The molecule has 4 heteroatoms. The molecule has 0 atom stereocenters. The Bertz CT molecular complexity index is 418. The van der Waals surface area contributed by atoms with Crippen LogP contribution in [0.25, 0.3) is 0 Å². The molecular weight excluding hydrogens is 218 g/mol. The van der Waals surface area contributed by atoms with Gasteiger partial charge in [-0.05, 0) is 19.1 Å². The second-order valence-electron chi connectivity index (χ2n) is 4.25. The number of methoxy groups -OCH3 is 2. The molecule has 0 bridgehead atoms. The van der Waals surface area contributed by atoms with Gasteiger partial charge in [0.1, 0.15) is 0 Å². The van der Waals surface area contributed by atoms with Crippen LogP contribution in [-0.4, -0.2) is 38.9 Å². The standard InChI is InChI=1S/C13H17NO3/c1-10(15)11-6-4-5-7-12(11)14-8-13(9-14,16-2)17-3/h4-7H,8-9H2,1-3H3. The van der Waals surface area contributed by atoms with E-state index in [9.17, 15) is 4.79 Å². The van der Waals surface area contributed by atoms with E-state index in [0.717, 1.165) is 11.3 Å². The molecule has 1 aromatic rings. The van der Waals surface area contributed by atoms with Gasteiger partial charge in [0.25, 0.3) is 0 Å². The van der Waals surface area contributed by atoms with Gasteiger partial charge in [-0.2, -0.15) is 0 Å². The third kappa shape index (κ3) is 2.06. The second kappa shape index (κ2) is 4.47. The molecule has 1 fully saturated rings. The first kappa shape index (κ1) is 12.1. The van der Waals surface area contributed by atoms with E-state index in [2.05, 4.69) is 4.90 Å². The second-order valence-corrected chi connectivity index (χ2v) is 4.25. The van der Waals surface area contributed by atoms with Crippen LogP contribution in [-0.2, 0) is 9.47 Å². The molecule has 0 spiro atoms. The Morgan fingerprint density at radius 2 is 1.82 bits per heavy atom. The number of anilines is 1. The van der Waals surface area contributed by atoms with Gasteiger partial charge >= 0.3 is 0 Å². The summed E-state index contributed by atoms with van der Waals surface area (Å²) in [7, 11) is 3.27. The van der Waals surface area contributed by atoms with E-state index >= 15 is 0 Å². The smallest absolute Gasteiger partial charge is 0.203 e. The zero-order valence-corrected chi connectivity index (χ0v) is 10.4. The quantitative estimate of drug-likeness (QED) is 0.588. The zero-order chi connectivity index (χ0) is 12.5. The molecule has 0 unspecified atom stereocenters. The Labute approximate surface area is 101 Å². The molecule has 1 aromatic carbocycles. The summed E-state index contributed by atoms with van der Waals surface area (Å²) >= 11 is 0. The highest BCUT2D eigenvalue weighted by Crippen LogP contribution is 2.32. The molecule has 0 aromatic heterocycles. The van der Waals surface area contributed by atoms with Crippen molar-refractivity contribution in [1.29, 1.82) is 0 Å². The fraction of sp³-hybridized carbons (Fsp3) is 0.462. The number of hydrogen-bond acceptors (Lipinski definition) is 4. The number of hydrogen-bond donors (Lipinski definition) is 0. The minimum Gasteiger partial charge on any atom is -0.360 e. The predicted molar refractivity (Wildman–Crippen MR) is 65.4 cm³/mol. The minimum atomic E-state index is -0.524. The van der Waals surface area contributed by atoms with E-state index in [-0.39, 0.29) is 5.78 Å². The summed E-state index contributed by atoms with van der Waals surface area (Å²) in [5.41, 5.74) is 1.69. The van der Waals surface area contributed by atoms with Crippen LogP contribution in [0.15, 0.2) is 24.3 Å². The number of carbonyl (C=O) groups is 1. The highest BCUT2D eigenvalue weighted by Gasteiger charge is 2.44. The lowest BCUT2D eigenvalue weighted by atomic mass is 10.0. The Kier molecular flexibility index (Phi) is 3.17. The summed E-state index contributed by atoms with van der Waals surface area (Å²) in [6, 6.07) is 7.60. The molecule has 1 heterocycles. The number of Topliss-reactive ketones (excluding diaryl/α,β-unsaturated/α-hetero) is 1. The first-order valence-corrected chi connectivity index (χ1v) is 5.57. The molecule has 0 aliphatic carbocycles. The molecule has 2 rings (SSSR count). The third-order valence-electron chi connectivity index (χ3n) is 3.23. The first-order valence-electron chi connectivity index (χ1n) is 5.57. The van der Waals surface area contributed by atoms with Gasteiger partial charge in [-0.25, -0.2) is 0 Å². The maximum atomic E-state index is 11.5. The number of para-hydroxylation sites is 1. The Hall–Kier alpha value is -1.39. The average molecular weight is 235 g/mol. The lowest BCUT2D eigenvalue weighted by Crippen LogP contribution is -2.64. The molecule has 92 valence electrons. The third-order valence-corrected chi connectivity index (χ3v) is 3.23. The summed E-state index contributed by atoms with van der Waals surface area (Å²) in [6.45, 7) is 2.87. The SMILES string of the molecule is COC1(OC)CN(c2ccccc2C(C)=O)C1. The van der Waals surface area contributed by atoms with Gasteiger partial charge in [0.05, 0.1) is 13.1 Å². The molecule has 0 radical (unpaired) electrons. The van der Waals surface area contributed by atoms with Crippen LogP contribution in [0.5, 0.6) is 0 Å². The van der Waals surface area contributed by atoms with E-state index in [0.29, 0.717) is 13.1 Å². The number of rotatable bonds is 4. The van der Waals surface area contributed by atoms with E-state index in [1.165, 1.54) is 0 Å².